The smallest absolute Gasteiger partial charge is 0.261 e. The minimum atomic E-state index is -3.67. The molecule has 12 aromatic rings. The lowest BCUT2D eigenvalue weighted by molar-refractivity contribution is 0.103. The lowest BCUT2D eigenvalue weighted by Crippen LogP contribution is -2.48. The second-order valence-electron chi connectivity index (χ2n) is 29.7. The van der Waals surface area contributed by atoms with Crippen LogP contribution in [-0.4, -0.2) is 279 Å². The lowest BCUT2D eigenvalue weighted by Gasteiger charge is -2.27. The first-order valence-corrected chi connectivity index (χ1v) is 55.5. The highest BCUT2D eigenvalue weighted by atomic mass is 32.3. The molecule has 0 aliphatic heterocycles. The first kappa shape index (κ1) is 120. The van der Waals surface area contributed by atoms with Crippen LogP contribution in [0.15, 0.2) is 146 Å². The van der Waals surface area contributed by atoms with E-state index in [1.54, 1.807) is 0 Å². The van der Waals surface area contributed by atoms with Crippen molar-refractivity contribution in [3.05, 3.63) is 179 Å². The van der Waals surface area contributed by atoms with Gasteiger partial charge in [-0.2, -0.15) is 84.2 Å². The average Bonchev–Trinajstić information content (AvgIpc) is 0.743. The fourth-order valence-corrected chi connectivity index (χ4v) is 11.7. The molecule has 49 heteroatoms. The molecule has 0 atom stereocenters. The Morgan fingerprint density at radius 3 is 0.461 bits per heavy atom. The zero-order valence-electron chi connectivity index (χ0n) is 72.7. The number of nitrogens with one attached hydrogen (secondary N) is 3. The number of benzene rings is 12. The van der Waals surface area contributed by atoms with E-state index < -0.39 is 118 Å². The van der Waals surface area contributed by atoms with Gasteiger partial charge in [0.1, 0.15) is 0 Å². The summed E-state index contributed by atoms with van der Waals surface area (Å²) in [6.45, 7) is 13.3. The van der Waals surface area contributed by atoms with Gasteiger partial charge in [0.25, 0.3) is 101 Å². The second kappa shape index (κ2) is 50.9. The van der Waals surface area contributed by atoms with Gasteiger partial charge >= 0.3 is 0 Å². The minimum Gasteiger partial charge on any atom is -0.394 e. The van der Waals surface area contributed by atoms with Crippen molar-refractivity contribution in [3.8, 4) is 0 Å². The molecule has 0 radical (unpaired) electrons. The topological polar surface area (TPSA) is 701 Å². The van der Waals surface area contributed by atoms with Gasteiger partial charge in [-0.1, -0.05) is 166 Å². The van der Waals surface area contributed by atoms with Crippen molar-refractivity contribution in [1.29, 1.82) is 0 Å². The molecule has 0 saturated carbocycles. The van der Waals surface area contributed by atoms with Gasteiger partial charge in [-0.3, -0.25) is 45.5 Å². The Kier molecular flexibility index (Phi) is 48.0. The fraction of sp³-hybridized carbons (Fsp3) is 0.392. The first-order valence-electron chi connectivity index (χ1n) is 37.0. The number of hydrogen-bond donors (Lipinski definition) is 19. The molecule has 0 aliphatic rings. The maximum atomic E-state index is 9.58. The minimum absolute atomic E-state index is 0.101. The molecule has 0 bridgehead atoms. The van der Waals surface area contributed by atoms with Gasteiger partial charge in [0, 0.05) is 19.6 Å². The summed E-state index contributed by atoms with van der Waals surface area (Å²) in [4.78, 5) is 0. The number of aliphatic hydroxyl groups excluding tert-OH is 6. The number of rotatable bonds is 18. The predicted octanol–water partition coefficient (Wildman–Crippen LogP) is 6.98. The van der Waals surface area contributed by atoms with Crippen molar-refractivity contribution in [1.82, 2.24) is 16.0 Å². The van der Waals surface area contributed by atoms with Gasteiger partial charge in [0.15, 0.2) is 0 Å². The van der Waals surface area contributed by atoms with Crippen molar-refractivity contribution in [3.63, 3.8) is 0 Å². The van der Waals surface area contributed by atoms with Crippen LogP contribution < -0.4 is 16.0 Å². The van der Waals surface area contributed by atoms with E-state index in [1.807, 2.05) is 20.8 Å². The molecule has 0 saturated heterocycles. The third-order valence-electron chi connectivity index (χ3n) is 16.8. The Morgan fingerprint density at radius 1 is 0.219 bits per heavy atom. The zero-order valence-corrected chi connectivity index (χ0v) is 80.9. The summed E-state index contributed by atoms with van der Waals surface area (Å²) >= 11 is 0. The van der Waals surface area contributed by atoms with Gasteiger partial charge in [0.05, 0.1) is 119 Å². The number of hydrogen-bond acceptors (Lipinski definition) is 29. The van der Waals surface area contributed by atoms with Gasteiger partial charge in [-0.15, -0.1) is 0 Å². The van der Waals surface area contributed by atoms with E-state index in [0.717, 1.165) is 19.3 Å². The second-order valence-corrected chi connectivity index (χ2v) is 44.4. The van der Waals surface area contributed by atoms with Crippen LogP contribution >= 0.6 is 0 Å². The summed E-state index contributed by atoms with van der Waals surface area (Å²) in [5.41, 5.74) is 5.58. The molecule has 128 heavy (non-hydrogen) atoms. The van der Waals surface area contributed by atoms with E-state index in [0.29, 0.717) is 82.2 Å². The van der Waals surface area contributed by atoms with Gasteiger partial charge in [-0.05, 0) is 170 Å². The maximum Gasteiger partial charge on any atom is 0.261 e. The molecule has 0 spiro atoms. The largest absolute Gasteiger partial charge is 0.394 e. The van der Waals surface area contributed by atoms with Crippen molar-refractivity contribution in [2.24, 2.45) is 0 Å². The van der Waals surface area contributed by atoms with Gasteiger partial charge in [-0.25, -0.2) is 0 Å². The SMILES string of the molecule is CCc1cc(CNC(C)(CO)CO)c2ccc3cccc4ccc1c2c43.CCc1cc(CNC(C)(CO)CO)c2ccc3cccc4ccc1c2c43.CCc1cc(CNC(C)(CO)CO)c2ccc3cccc4ccc1c2c43.CS(=O)(=O)O.CS(=O)(=O)O.CS(=O)(=O)O.CS(=O)(=O)O.CS(=O)(=O)O.CS(=O)(=O)O.CS(=O)(=O)O.CS(=O)(=O)O.CS(=O)(=O)O.CS(=O)(=O)O. The third-order valence-corrected chi connectivity index (χ3v) is 16.8. The summed E-state index contributed by atoms with van der Waals surface area (Å²) < 4.78 is 259. The van der Waals surface area contributed by atoms with Crippen molar-refractivity contribution < 1.29 is 160 Å². The van der Waals surface area contributed by atoms with Crippen LogP contribution in [0.4, 0.5) is 0 Å². The molecule has 39 nitrogen and oxygen atoms in total. The fourth-order valence-electron chi connectivity index (χ4n) is 11.7. The molecule has 0 aromatic heterocycles. The van der Waals surface area contributed by atoms with E-state index in [-0.39, 0.29) is 39.6 Å². The van der Waals surface area contributed by atoms with Crippen LogP contribution in [0.5, 0.6) is 0 Å². The number of aliphatic hydroxyl groups is 6. The van der Waals surface area contributed by atoms with Crippen LogP contribution in [-0.2, 0) is 140 Å². The molecular formula is C79H115N3O36S10. The average molecular weight is 2000 g/mol. The molecule has 0 aliphatic carbocycles. The Balaban J connectivity index is 0.00000150. The van der Waals surface area contributed by atoms with Crippen molar-refractivity contribution in [2.75, 3.05) is 102 Å². The third kappa shape index (κ3) is 51.3. The van der Waals surface area contributed by atoms with Crippen LogP contribution in [0.2, 0.25) is 0 Å². The molecule has 12 rings (SSSR count). The Labute approximate surface area is 747 Å². The zero-order chi connectivity index (χ0) is 99.9. The monoisotopic (exact) mass is 2000 g/mol. The summed E-state index contributed by atoms with van der Waals surface area (Å²) in [7, 11) is -36.7. The van der Waals surface area contributed by atoms with E-state index in [4.69, 9.17) is 45.5 Å². The molecule has 722 valence electrons. The van der Waals surface area contributed by atoms with E-state index in [1.165, 1.54) is 130 Å². The summed E-state index contributed by atoms with van der Waals surface area (Å²) in [6.07, 6.45) is 10.1. The van der Waals surface area contributed by atoms with Crippen LogP contribution in [0.3, 0.4) is 0 Å². The quantitative estimate of drug-likeness (QED) is 0.0304. The molecule has 0 amide bonds. The van der Waals surface area contributed by atoms with E-state index >= 15 is 0 Å². The Bertz CT molecular complexity index is 5800. The number of aryl methyl sites for hydroxylation is 3. The van der Waals surface area contributed by atoms with Crippen LogP contribution in [0, 0.1) is 0 Å². The molecule has 0 fully saturated rings. The summed E-state index contributed by atoms with van der Waals surface area (Å²) in [6, 6.07) is 52.7. The maximum absolute atomic E-state index is 9.58. The van der Waals surface area contributed by atoms with E-state index in [2.05, 4.69) is 182 Å². The van der Waals surface area contributed by atoms with Crippen LogP contribution in [0.1, 0.15) is 74.9 Å². The predicted molar refractivity (Wildman–Crippen MR) is 502 cm³/mol. The van der Waals surface area contributed by atoms with Gasteiger partial charge < -0.3 is 46.6 Å². The Morgan fingerprint density at radius 2 is 0.344 bits per heavy atom. The molecule has 12 aromatic carbocycles. The Hall–Kier alpha value is -7.50. The standard InChI is InChI=1S/3C23H25NO2.10CH4O3S/c3*1-3-15-11-18(12-24-23(2,13-25)14-26)20-10-8-17-6-4-5-16-7-9-19(15)22(20)21(16)17;10*1-5(2,3)4/h3*4-11,24-26H,3,12-14H2,1-2H3;10*1H3,(H,2,3,4). The molecule has 19 N–H and O–H groups in total. The van der Waals surface area contributed by atoms with Crippen LogP contribution in [0.25, 0.3) is 97.0 Å². The molecular weight excluding hydrogens is 1890 g/mol. The summed E-state index contributed by atoms with van der Waals surface area (Å²) in [5, 5.41) is 90.7. The van der Waals surface area contributed by atoms with Crippen molar-refractivity contribution in [2.45, 2.75) is 97.1 Å². The highest BCUT2D eigenvalue weighted by molar-refractivity contribution is 7.87. The highest BCUT2D eigenvalue weighted by Crippen LogP contribution is 2.41. The van der Waals surface area contributed by atoms with E-state index in [9.17, 15) is 115 Å². The molecule has 0 heterocycles. The highest BCUT2D eigenvalue weighted by Gasteiger charge is 2.26. The normalized spacial score (nSPS) is 12.2. The van der Waals surface area contributed by atoms with Gasteiger partial charge in [0.2, 0.25) is 0 Å². The van der Waals surface area contributed by atoms with Crippen molar-refractivity contribution >= 4 is 198 Å². The molecule has 0 unspecified atom stereocenters. The first-order chi connectivity index (χ1) is 57.8. The lowest BCUT2D eigenvalue weighted by atomic mass is 9.88. The summed E-state index contributed by atoms with van der Waals surface area (Å²) in [5.74, 6) is 0.